The van der Waals surface area contributed by atoms with Gasteiger partial charge in [-0.25, -0.2) is 0 Å². The van der Waals surface area contributed by atoms with Gasteiger partial charge in [0.2, 0.25) is 11.8 Å². The number of thioether (sulfide) groups is 1. The van der Waals surface area contributed by atoms with Gasteiger partial charge in [0, 0.05) is 17.1 Å². The molecule has 1 heterocycles. The van der Waals surface area contributed by atoms with Gasteiger partial charge < -0.3 is 10.6 Å². The van der Waals surface area contributed by atoms with Gasteiger partial charge in [-0.2, -0.15) is 0 Å². The smallest absolute Gasteiger partial charge is 0.240 e. The van der Waals surface area contributed by atoms with E-state index in [0.717, 1.165) is 11.1 Å². The fraction of sp³-hybridized carbons (Fsp3) is 0.250. The lowest BCUT2D eigenvalue weighted by molar-refractivity contribution is -0.122. The van der Waals surface area contributed by atoms with Crippen LogP contribution >= 0.6 is 23.4 Å². The highest BCUT2D eigenvalue weighted by atomic mass is 35.5. The molecule has 2 N–H and O–H groups in total. The molecule has 5 nitrogen and oxygen atoms in total. The third kappa shape index (κ3) is 5.11. The molecule has 0 aliphatic carbocycles. The average Bonchev–Trinajstić information content (AvgIpc) is 2.97. The molecule has 1 aliphatic heterocycles. The lowest BCUT2D eigenvalue weighted by Crippen LogP contribution is -2.28. The van der Waals surface area contributed by atoms with E-state index in [0.29, 0.717) is 15.9 Å². The van der Waals surface area contributed by atoms with E-state index in [1.54, 1.807) is 12.1 Å². The second kappa shape index (κ2) is 8.59. The van der Waals surface area contributed by atoms with Gasteiger partial charge in [0.05, 0.1) is 6.04 Å². The first-order valence-electron chi connectivity index (χ1n) is 8.58. The van der Waals surface area contributed by atoms with Crippen LogP contribution in [0.5, 0.6) is 0 Å². The summed E-state index contributed by atoms with van der Waals surface area (Å²) in [4.78, 5) is 29.0. The minimum Gasteiger partial charge on any atom is -0.326 e. The number of aryl methyl sites for hydroxylation is 1. The number of anilines is 1. The van der Waals surface area contributed by atoms with Crippen LogP contribution in [0.2, 0.25) is 5.02 Å². The number of nitrogens with one attached hydrogen (secondary N) is 2. The molecule has 1 aliphatic rings. The maximum absolute atomic E-state index is 12.3. The number of amides is 2. The number of benzene rings is 2. The van der Waals surface area contributed by atoms with Gasteiger partial charge in [-0.3, -0.25) is 14.6 Å². The van der Waals surface area contributed by atoms with Crippen LogP contribution in [0, 0.1) is 6.92 Å². The summed E-state index contributed by atoms with van der Waals surface area (Å²) in [6, 6.07) is 15.1. The number of hydrogen-bond donors (Lipinski definition) is 2. The molecule has 0 saturated carbocycles. The van der Waals surface area contributed by atoms with Gasteiger partial charge in [-0.15, -0.1) is 0 Å². The van der Waals surface area contributed by atoms with Crippen molar-refractivity contribution >= 4 is 46.0 Å². The molecule has 7 heteroatoms. The maximum atomic E-state index is 12.3. The van der Waals surface area contributed by atoms with Crippen molar-refractivity contribution in [1.82, 2.24) is 5.32 Å². The predicted molar refractivity (Wildman–Crippen MR) is 111 cm³/mol. The predicted octanol–water partition coefficient (Wildman–Crippen LogP) is 4.33. The van der Waals surface area contributed by atoms with Crippen LogP contribution in [0.15, 0.2) is 53.5 Å². The summed E-state index contributed by atoms with van der Waals surface area (Å²) in [5.41, 5.74) is 2.62. The first-order valence-corrected chi connectivity index (χ1v) is 9.84. The van der Waals surface area contributed by atoms with E-state index in [4.69, 9.17) is 11.6 Å². The molecular weight excluding hydrogens is 382 g/mol. The summed E-state index contributed by atoms with van der Waals surface area (Å²) in [6.07, 6.45) is 0.0702. The Labute approximate surface area is 167 Å². The Hall–Kier alpha value is -2.31. The maximum Gasteiger partial charge on any atom is 0.240 e. The fourth-order valence-electron chi connectivity index (χ4n) is 2.63. The Bertz CT molecular complexity index is 886. The third-order valence-corrected chi connectivity index (χ3v) is 5.70. The van der Waals surface area contributed by atoms with Crippen LogP contribution in [0.1, 0.15) is 30.5 Å². The number of aliphatic imine (C=N–C) groups is 1. The molecule has 1 fully saturated rings. The molecule has 2 aromatic carbocycles. The van der Waals surface area contributed by atoms with Crippen molar-refractivity contribution in [2.45, 2.75) is 31.6 Å². The van der Waals surface area contributed by atoms with E-state index in [1.807, 2.05) is 50.2 Å². The zero-order valence-corrected chi connectivity index (χ0v) is 16.6. The van der Waals surface area contributed by atoms with Gasteiger partial charge in [0.25, 0.3) is 0 Å². The number of hydrogen-bond acceptors (Lipinski definition) is 4. The van der Waals surface area contributed by atoms with Crippen molar-refractivity contribution in [1.29, 1.82) is 0 Å². The van der Waals surface area contributed by atoms with Gasteiger partial charge in [0.1, 0.15) is 5.25 Å². The number of carbonyl (C=O) groups excluding carboxylic acids is 2. The van der Waals surface area contributed by atoms with Crippen LogP contribution in [0.3, 0.4) is 0 Å². The second-order valence-electron chi connectivity index (χ2n) is 6.33. The second-order valence-corrected chi connectivity index (χ2v) is 7.93. The molecule has 0 spiro atoms. The van der Waals surface area contributed by atoms with Crippen molar-refractivity contribution in [2.24, 2.45) is 4.99 Å². The Morgan fingerprint density at radius 1 is 1.30 bits per heavy atom. The van der Waals surface area contributed by atoms with Crippen molar-refractivity contribution < 1.29 is 9.59 Å². The highest BCUT2D eigenvalue weighted by Gasteiger charge is 2.32. The van der Waals surface area contributed by atoms with Crippen molar-refractivity contribution in [3.8, 4) is 0 Å². The molecule has 0 radical (unpaired) electrons. The molecule has 3 rings (SSSR count). The molecule has 1 saturated heterocycles. The first kappa shape index (κ1) is 19.5. The molecular formula is C20H20ClN3O2S. The number of carbonyl (C=O) groups is 2. The quantitative estimate of drug-likeness (QED) is 0.783. The summed E-state index contributed by atoms with van der Waals surface area (Å²) in [5.74, 6) is -0.434. The average molecular weight is 402 g/mol. The van der Waals surface area contributed by atoms with E-state index in [2.05, 4.69) is 15.6 Å². The largest absolute Gasteiger partial charge is 0.326 e. The van der Waals surface area contributed by atoms with Crippen LogP contribution in [0.4, 0.5) is 5.69 Å². The van der Waals surface area contributed by atoms with Gasteiger partial charge in [-0.05, 0) is 37.1 Å². The van der Waals surface area contributed by atoms with E-state index in [9.17, 15) is 9.59 Å². The topological polar surface area (TPSA) is 70.6 Å². The third-order valence-electron chi connectivity index (χ3n) is 4.20. The molecule has 0 unspecified atom stereocenters. The van der Waals surface area contributed by atoms with E-state index in [1.165, 1.54) is 11.8 Å². The van der Waals surface area contributed by atoms with E-state index in [-0.39, 0.29) is 24.3 Å². The van der Waals surface area contributed by atoms with Crippen LogP contribution in [-0.2, 0) is 9.59 Å². The Balaban J connectivity index is 1.59. The standard InChI is InChI=1S/C20H20ClN3O2S/c1-12-8-9-15(10-16(12)21)23-18(25)11-17-19(26)24-20(27-17)22-13(2)14-6-4-3-5-7-14/h3-10,13,17H,11H2,1-2H3,(H,23,25)(H,22,24,26)/t13-,17-/m1/s1. The summed E-state index contributed by atoms with van der Waals surface area (Å²) in [5, 5.41) is 6.19. The minimum atomic E-state index is -0.493. The Kier molecular flexibility index (Phi) is 6.19. The summed E-state index contributed by atoms with van der Waals surface area (Å²) < 4.78 is 0. The zero-order valence-electron chi connectivity index (χ0n) is 15.0. The first-order chi connectivity index (χ1) is 12.9. The van der Waals surface area contributed by atoms with Crippen molar-refractivity contribution in [3.05, 3.63) is 64.7 Å². The van der Waals surface area contributed by atoms with Crippen LogP contribution in [-0.4, -0.2) is 22.2 Å². The molecule has 2 aromatic rings. The highest BCUT2D eigenvalue weighted by Crippen LogP contribution is 2.26. The van der Waals surface area contributed by atoms with E-state index >= 15 is 0 Å². The normalized spacial score (nSPS) is 19.0. The Morgan fingerprint density at radius 3 is 2.74 bits per heavy atom. The SMILES string of the molecule is Cc1ccc(NC(=O)C[C@H]2SC(=N[C@H](C)c3ccccc3)NC2=O)cc1Cl. The molecule has 0 aromatic heterocycles. The summed E-state index contributed by atoms with van der Waals surface area (Å²) in [7, 11) is 0. The monoisotopic (exact) mass is 401 g/mol. The molecule has 2 amide bonds. The molecule has 0 bridgehead atoms. The van der Waals surface area contributed by atoms with Crippen molar-refractivity contribution in [3.63, 3.8) is 0 Å². The summed E-state index contributed by atoms with van der Waals surface area (Å²) in [6.45, 7) is 3.86. The van der Waals surface area contributed by atoms with E-state index < -0.39 is 5.25 Å². The lowest BCUT2D eigenvalue weighted by Gasteiger charge is -2.09. The van der Waals surface area contributed by atoms with Gasteiger partial charge in [0.15, 0.2) is 5.17 Å². The van der Waals surface area contributed by atoms with Gasteiger partial charge in [-0.1, -0.05) is 59.8 Å². The minimum absolute atomic E-state index is 0.0702. The summed E-state index contributed by atoms with van der Waals surface area (Å²) >= 11 is 7.36. The number of halogens is 1. The highest BCUT2D eigenvalue weighted by molar-refractivity contribution is 8.15. The molecule has 27 heavy (non-hydrogen) atoms. The molecule has 2 atom stereocenters. The van der Waals surface area contributed by atoms with Crippen molar-refractivity contribution in [2.75, 3.05) is 5.32 Å². The number of nitrogens with zero attached hydrogens (tertiary/aromatic N) is 1. The van der Waals surface area contributed by atoms with Crippen LogP contribution < -0.4 is 10.6 Å². The Morgan fingerprint density at radius 2 is 2.04 bits per heavy atom. The molecule has 140 valence electrons. The number of rotatable bonds is 5. The zero-order chi connectivity index (χ0) is 19.4. The van der Waals surface area contributed by atoms with Crippen LogP contribution in [0.25, 0.3) is 0 Å². The fourth-order valence-corrected chi connectivity index (χ4v) is 3.86. The lowest BCUT2D eigenvalue weighted by atomic mass is 10.1. The van der Waals surface area contributed by atoms with Gasteiger partial charge >= 0.3 is 0 Å². The number of amidine groups is 1.